The number of hydrogen-bond acceptors (Lipinski definition) is 5. The monoisotopic (exact) mass is 477 g/mol. The number of amides is 2. The van der Waals surface area contributed by atoms with Crippen LogP contribution in [0.5, 0.6) is 0 Å². The van der Waals surface area contributed by atoms with Crippen LogP contribution in [0.2, 0.25) is 0 Å². The van der Waals surface area contributed by atoms with Crippen LogP contribution < -0.4 is 16.0 Å². The number of hydrogen-bond donors (Lipinski definition) is 3. The number of carbonyl (C=O) groups is 1. The van der Waals surface area contributed by atoms with Gasteiger partial charge in [-0.25, -0.2) is 14.2 Å². The first-order valence-corrected chi connectivity index (χ1v) is 11.3. The van der Waals surface area contributed by atoms with Crippen molar-refractivity contribution in [3.05, 3.63) is 103 Å². The molecule has 0 fully saturated rings. The number of carbonyl (C=O) groups excluding carboxylic acids is 1. The molecule has 1 aliphatic rings. The first-order valence-electron chi connectivity index (χ1n) is 11.3. The van der Waals surface area contributed by atoms with Crippen molar-refractivity contribution >= 4 is 23.2 Å². The molecule has 5 aromatic rings. The van der Waals surface area contributed by atoms with E-state index in [0.29, 0.717) is 18.1 Å². The summed E-state index contributed by atoms with van der Waals surface area (Å²) in [6.07, 6.45) is 1.75. The van der Waals surface area contributed by atoms with Gasteiger partial charge in [0.1, 0.15) is 5.82 Å². The van der Waals surface area contributed by atoms with Crippen LogP contribution in [0.15, 0.2) is 91.1 Å². The van der Waals surface area contributed by atoms with E-state index >= 15 is 0 Å². The summed E-state index contributed by atoms with van der Waals surface area (Å²) in [5, 5.41) is 17.9. The molecular formula is C27H20FN7O. The van der Waals surface area contributed by atoms with E-state index in [1.165, 1.54) is 24.3 Å². The molecule has 0 radical (unpaired) electrons. The Bertz CT molecular complexity index is 1560. The maximum Gasteiger partial charge on any atom is 0.319 e. The van der Waals surface area contributed by atoms with Gasteiger partial charge in [-0.05, 0) is 54.1 Å². The van der Waals surface area contributed by atoms with E-state index in [9.17, 15) is 9.18 Å². The molecule has 176 valence electrons. The normalized spacial score (nSPS) is 11.4. The molecule has 0 spiro atoms. The minimum atomic E-state index is -0.372. The van der Waals surface area contributed by atoms with Gasteiger partial charge in [0.25, 0.3) is 0 Å². The number of fused-ring (bicyclic) bond motifs is 5. The molecule has 0 aliphatic carbocycles. The Balaban J connectivity index is 1.25. The zero-order valence-electron chi connectivity index (χ0n) is 18.9. The van der Waals surface area contributed by atoms with Crippen LogP contribution in [0.25, 0.3) is 28.5 Å². The molecule has 0 saturated carbocycles. The fourth-order valence-electron chi connectivity index (χ4n) is 4.12. The summed E-state index contributed by atoms with van der Waals surface area (Å²) in [5.74, 6) is 1.78. The minimum absolute atomic E-state index is 0.329. The summed E-state index contributed by atoms with van der Waals surface area (Å²) in [5.41, 5.74) is 5.01. The molecular weight excluding hydrogens is 457 g/mol. The van der Waals surface area contributed by atoms with Gasteiger partial charge < -0.3 is 16.0 Å². The highest BCUT2D eigenvalue weighted by molar-refractivity contribution is 5.89. The molecule has 36 heavy (non-hydrogen) atoms. The topological polar surface area (TPSA) is 96.8 Å². The van der Waals surface area contributed by atoms with Crippen LogP contribution in [0.3, 0.4) is 0 Å². The van der Waals surface area contributed by atoms with Crippen molar-refractivity contribution in [3.63, 3.8) is 0 Å². The number of halogens is 1. The number of benzene rings is 3. The maximum atomic E-state index is 13.0. The number of rotatable bonds is 4. The molecule has 0 saturated heterocycles. The minimum Gasteiger partial charge on any atom is -0.338 e. The molecule has 6 rings (SSSR count). The van der Waals surface area contributed by atoms with E-state index in [1.807, 2.05) is 65.2 Å². The fourth-order valence-corrected chi connectivity index (χ4v) is 4.12. The lowest BCUT2D eigenvalue weighted by Gasteiger charge is -2.11. The second-order valence-electron chi connectivity index (χ2n) is 8.24. The zero-order valence-corrected chi connectivity index (χ0v) is 18.9. The number of urea groups is 1. The number of pyridine rings is 1. The van der Waals surface area contributed by atoms with Crippen molar-refractivity contribution in [3.8, 4) is 28.5 Å². The third kappa shape index (κ3) is 4.03. The predicted octanol–water partition coefficient (Wildman–Crippen LogP) is 5.51. The van der Waals surface area contributed by atoms with Gasteiger partial charge in [0.05, 0.1) is 11.4 Å². The van der Waals surface area contributed by atoms with E-state index in [0.717, 1.165) is 39.7 Å². The van der Waals surface area contributed by atoms with Gasteiger partial charge in [-0.1, -0.05) is 36.4 Å². The predicted molar refractivity (Wildman–Crippen MR) is 136 cm³/mol. The molecule has 8 nitrogen and oxygen atoms in total. The van der Waals surface area contributed by atoms with Crippen LogP contribution in [0.4, 0.5) is 26.4 Å². The molecule has 0 bridgehead atoms. The lowest BCUT2D eigenvalue weighted by molar-refractivity contribution is 0.251. The van der Waals surface area contributed by atoms with Crippen molar-refractivity contribution in [1.29, 1.82) is 0 Å². The Kier molecular flexibility index (Phi) is 5.34. The summed E-state index contributed by atoms with van der Waals surface area (Å²) >= 11 is 0. The second kappa shape index (κ2) is 8.95. The lowest BCUT2D eigenvalue weighted by Crippen LogP contribution is -2.28. The lowest BCUT2D eigenvalue weighted by atomic mass is 10.1. The Morgan fingerprint density at radius 2 is 1.67 bits per heavy atom. The Hall–Kier alpha value is -5.05. The molecule has 2 aromatic heterocycles. The number of anilines is 3. The van der Waals surface area contributed by atoms with Gasteiger partial charge in [-0.2, -0.15) is 0 Å². The average Bonchev–Trinajstić information content (AvgIpc) is 3.29. The van der Waals surface area contributed by atoms with Crippen molar-refractivity contribution in [2.24, 2.45) is 0 Å². The van der Waals surface area contributed by atoms with Crippen molar-refractivity contribution in [2.75, 3.05) is 10.6 Å². The molecule has 2 amide bonds. The number of nitrogens with zero attached hydrogens (tertiary/aromatic N) is 4. The van der Waals surface area contributed by atoms with Gasteiger partial charge in [0.2, 0.25) is 0 Å². The quantitative estimate of drug-likeness (QED) is 0.311. The van der Waals surface area contributed by atoms with Crippen LogP contribution >= 0.6 is 0 Å². The van der Waals surface area contributed by atoms with Gasteiger partial charge in [0.15, 0.2) is 17.5 Å². The highest BCUT2D eigenvalue weighted by Crippen LogP contribution is 2.38. The first kappa shape index (κ1) is 21.5. The van der Waals surface area contributed by atoms with Crippen molar-refractivity contribution < 1.29 is 9.18 Å². The summed E-state index contributed by atoms with van der Waals surface area (Å²) in [4.78, 5) is 16.7. The summed E-state index contributed by atoms with van der Waals surface area (Å²) in [6.45, 7) is 0.329. The molecule has 3 heterocycles. The third-order valence-corrected chi connectivity index (χ3v) is 5.88. The Morgan fingerprint density at radius 1 is 0.889 bits per heavy atom. The fraction of sp³-hybridized carbons (Fsp3) is 0.0370. The smallest absolute Gasteiger partial charge is 0.319 e. The molecule has 1 aliphatic heterocycles. The van der Waals surface area contributed by atoms with E-state index < -0.39 is 0 Å². The van der Waals surface area contributed by atoms with Crippen molar-refractivity contribution in [1.82, 2.24) is 25.1 Å². The SMILES string of the molecule is O=C(NCc1ccc(-c2nnc3n2-c2cccnc2Nc2ccccc2-3)cc1)Nc1ccc(F)cc1. The van der Waals surface area contributed by atoms with Crippen LogP contribution in [-0.4, -0.2) is 25.8 Å². The highest BCUT2D eigenvalue weighted by atomic mass is 19.1. The van der Waals surface area contributed by atoms with E-state index in [1.54, 1.807) is 6.20 Å². The second-order valence-corrected chi connectivity index (χ2v) is 8.24. The summed E-state index contributed by atoms with van der Waals surface area (Å²) < 4.78 is 15.0. The molecule has 3 aromatic carbocycles. The average molecular weight is 478 g/mol. The largest absolute Gasteiger partial charge is 0.338 e. The van der Waals surface area contributed by atoms with Crippen LogP contribution in [0.1, 0.15) is 5.56 Å². The highest BCUT2D eigenvalue weighted by Gasteiger charge is 2.24. The zero-order chi connectivity index (χ0) is 24.5. The number of nitrogens with one attached hydrogen (secondary N) is 3. The van der Waals surface area contributed by atoms with Gasteiger partial charge in [0, 0.05) is 29.6 Å². The van der Waals surface area contributed by atoms with Gasteiger partial charge >= 0.3 is 6.03 Å². The molecule has 0 atom stereocenters. The summed E-state index contributed by atoms with van der Waals surface area (Å²) in [7, 11) is 0. The Labute approximate surface area is 205 Å². The molecule has 0 unspecified atom stereocenters. The van der Waals surface area contributed by atoms with Crippen LogP contribution in [0, 0.1) is 5.82 Å². The molecule has 3 N–H and O–H groups in total. The van der Waals surface area contributed by atoms with E-state index in [-0.39, 0.29) is 11.8 Å². The van der Waals surface area contributed by atoms with Gasteiger partial charge in [-0.15, -0.1) is 10.2 Å². The third-order valence-electron chi connectivity index (χ3n) is 5.88. The Morgan fingerprint density at radius 3 is 2.50 bits per heavy atom. The standard InChI is InChI=1S/C27H20FN7O/c28-19-11-13-20(14-12-19)31-27(36)30-16-17-7-9-18(10-8-17)25-33-34-26-21-4-1-2-5-22(21)32-24-23(35(25)26)6-3-15-29-24/h1-15H,16H2,(H,29,32)(H2,30,31,36). The van der Waals surface area contributed by atoms with E-state index in [2.05, 4.69) is 31.1 Å². The van der Waals surface area contributed by atoms with Crippen molar-refractivity contribution in [2.45, 2.75) is 6.54 Å². The number of para-hydroxylation sites is 1. The summed E-state index contributed by atoms with van der Waals surface area (Å²) in [6, 6.07) is 24.8. The van der Waals surface area contributed by atoms with Crippen LogP contribution in [-0.2, 0) is 6.54 Å². The molecule has 9 heteroatoms. The number of aromatic nitrogens is 4. The van der Waals surface area contributed by atoms with E-state index in [4.69, 9.17) is 0 Å². The maximum absolute atomic E-state index is 13.0. The van der Waals surface area contributed by atoms with Gasteiger partial charge in [-0.3, -0.25) is 4.57 Å². The first-order chi connectivity index (χ1) is 17.7.